The molecule has 12 nitrogen and oxygen atoms in total. The number of nitrogens with one attached hydrogen (secondary N) is 1. The summed E-state index contributed by atoms with van der Waals surface area (Å²) in [5.74, 6) is -3.05. The first-order valence-electron chi connectivity index (χ1n) is 12.5. The van der Waals surface area contributed by atoms with Crippen LogP contribution in [0.25, 0.3) is 0 Å². The summed E-state index contributed by atoms with van der Waals surface area (Å²) in [5, 5.41) is 11.8. The number of amides is 1. The first kappa shape index (κ1) is 31.9. The van der Waals surface area contributed by atoms with Crippen LogP contribution in [-0.4, -0.2) is 60.4 Å². The Kier molecular flexibility index (Phi) is 10.5. The van der Waals surface area contributed by atoms with E-state index in [-0.39, 0.29) is 35.7 Å². The van der Waals surface area contributed by atoms with Gasteiger partial charge in [0.25, 0.3) is 0 Å². The summed E-state index contributed by atoms with van der Waals surface area (Å²) in [5.41, 5.74) is -1.20. The third-order valence-corrected chi connectivity index (χ3v) is 5.44. The molecule has 0 fully saturated rings. The van der Waals surface area contributed by atoms with Gasteiger partial charge in [0.05, 0.1) is 16.4 Å². The van der Waals surface area contributed by atoms with Gasteiger partial charge in [0, 0.05) is 26.2 Å². The number of carbonyl (C=O) groups excluding carboxylic acids is 4. The molecule has 0 saturated heterocycles. The van der Waals surface area contributed by atoms with Gasteiger partial charge in [0.15, 0.2) is 11.5 Å². The van der Waals surface area contributed by atoms with Crippen molar-refractivity contribution in [2.24, 2.45) is 10.8 Å². The van der Waals surface area contributed by atoms with E-state index in [0.717, 1.165) is 0 Å². The highest BCUT2D eigenvalue weighted by atomic mass is 16.7. The number of carboxylic acid groups (broad SMARTS) is 1. The van der Waals surface area contributed by atoms with Crippen molar-refractivity contribution in [2.75, 3.05) is 20.4 Å². The largest absolute Gasteiger partial charge is 0.477 e. The zero-order chi connectivity index (χ0) is 30.3. The molecule has 0 aromatic heterocycles. The highest BCUT2D eigenvalue weighted by Gasteiger charge is 2.29. The Bertz CT molecular complexity index is 1220. The van der Waals surface area contributed by atoms with Crippen LogP contribution in [0.1, 0.15) is 53.5 Å². The van der Waals surface area contributed by atoms with E-state index < -0.39 is 47.6 Å². The monoisotopic (exact) mass is 560 g/mol. The van der Waals surface area contributed by atoms with Crippen LogP contribution in [0.2, 0.25) is 0 Å². The zero-order valence-corrected chi connectivity index (χ0v) is 23.8. The lowest BCUT2D eigenvalue weighted by Gasteiger charge is -2.21. The number of likely N-dealkylation sites (N-methyl/N-ethyl adjacent to an activating group) is 1. The normalized spacial score (nSPS) is 13.4. The van der Waals surface area contributed by atoms with Crippen molar-refractivity contribution < 1.29 is 48.0 Å². The van der Waals surface area contributed by atoms with E-state index in [1.807, 2.05) is 0 Å². The molecule has 0 bridgehead atoms. The number of aliphatic carboxylic acids is 1. The molecule has 0 atom stereocenters. The number of nitrogens with zero attached hydrogens (tertiary/aromatic N) is 1. The predicted octanol–water partition coefficient (Wildman–Crippen LogP) is 3.55. The summed E-state index contributed by atoms with van der Waals surface area (Å²) in [6.45, 7) is 9.59. The Hall–Kier alpha value is -4.35. The molecule has 1 aliphatic heterocycles. The van der Waals surface area contributed by atoms with Crippen LogP contribution in [-0.2, 0) is 35.1 Å². The minimum absolute atomic E-state index is 0.0677. The van der Waals surface area contributed by atoms with Crippen molar-refractivity contribution in [3.05, 3.63) is 47.3 Å². The second-order valence-electron chi connectivity index (χ2n) is 11.1. The predicted molar refractivity (Wildman–Crippen MR) is 142 cm³/mol. The molecule has 0 unspecified atom stereocenters. The summed E-state index contributed by atoms with van der Waals surface area (Å²) in [6.07, 6.45) is 2.63. The number of hydrogen-bond donors (Lipinski definition) is 2. The maximum Gasteiger partial charge on any atom is 0.410 e. The van der Waals surface area contributed by atoms with Crippen molar-refractivity contribution in [1.82, 2.24) is 10.2 Å². The number of allylic oxidation sites excluding steroid dienone is 1. The summed E-state index contributed by atoms with van der Waals surface area (Å²) in [7, 11) is 1.49. The maximum absolute atomic E-state index is 12.5. The first-order chi connectivity index (χ1) is 18.5. The van der Waals surface area contributed by atoms with Gasteiger partial charge in [-0.15, -0.1) is 0 Å². The van der Waals surface area contributed by atoms with Gasteiger partial charge in [-0.2, -0.15) is 0 Å². The fraction of sp³-hybridized carbons (Fsp3) is 0.464. The van der Waals surface area contributed by atoms with Gasteiger partial charge in [-0.1, -0.05) is 12.1 Å². The van der Waals surface area contributed by atoms with Gasteiger partial charge in [-0.3, -0.25) is 9.59 Å². The highest BCUT2D eigenvalue weighted by molar-refractivity contribution is 5.99. The standard InChI is InChI=1S/C28H36N2O10/c1-27(2,3)24(34)39-19-11-10-17(15-20(19)40-25(35)28(4,5)6)12-13-29-26(36)38-16-37-23(33)18-9-8-14-30(7)21(18)22(31)32/h8,10-11,14-15H,9,12-13,16H2,1-7H3,(H,29,36)(H,31,32). The highest BCUT2D eigenvalue weighted by Crippen LogP contribution is 2.32. The Morgan fingerprint density at radius 1 is 0.925 bits per heavy atom. The second-order valence-corrected chi connectivity index (χ2v) is 11.1. The van der Waals surface area contributed by atoms with Gasteiger partial charge >= 0.3 is 30.0 Å². The van der Waals surface area contributed by atoms with Crippen molar-refractivity contribution in [3.63, 3.8) is 0 Å². The minimum Gasteiger partial charge on any atom is -0.477 e. The summed E-state index contributed by atoms with van der Waals surface area (Å²) in [6, 6.07) is 4.73. The number of esters is 3. The molecule has 2 rings (SSSR count). The van der Waals surface area contributed by atoms with E-state index in [9.17, 15) is 29.1 Å². The van der Waals surface area contributed by atoms with E-state index in [1.165, 1.54) is 24.2 Å². The van der Waals surface area contributed by atoms with Crippen molar-refractivity contribution in [3.8, 4) is 11.5 Å². The average molecular weight is 561 g/mol. The molecule has 0 radical (unpaired) electrons. The van der Waals surface area contributed by atoms with E-state index in [2.05, 4.69) is 5.32 Å². The van der Waals surface area contributed by atoms with Gasteiger partial charge in [-0.25, -0.2) is 14.4 Å². The van der Waals surface area contributed by atoms with Gasteiger partial charge in [0.1, 0.15) is 5.70 Å². The number of hydrogen-bond acceptors (Lipinski definition) is 10. The van der Waals surface area contributed by atoms with Crippen molar-refractivity contribution in [2.45, 2.75) is 54.4 Å². The number of rotatable bonds is 9. The topological polar surface area (TPSA) is 158 Å². The molecule has 2 N–H and O–H groups in total. The van der Waals surface area contributed by atoms with Crippen LogP contribution in [0.3, 0.4) is 0 Å². The molecule has 0 aliphatic carbocycles. The van der Waals surface area contributed by atoms with Crippen LogP contribution in [0.5, 0.6) is 11.5 Å². The maximum atomic E-state index is 12.5. The molecule has 1 amide bonds. The number of ether oxygens (including phenoxy) is 4. The number of alkyl carbamates (subject to hydrolysis) is 1. The Balaban J connectivity index is 1.95. The fourth-order valence-corrected chi connectivity index (χ4v) is 3.13. The molecule has 0 spiro atoms. The van der Waals surface area contributed by atoms with Crippen LogP contribution in [0.4, 0.5) is 4.79 Å². The molecule has 40 heavy (non-hydrogen) atoms. The van der Waals surface area contributed by atoms with Gasteiger partial charge in [0.2, 0.25) is 6.79 Å². The van der Waals surface area contributed by atoms with E-state index in [1.54, 1.807) is 59.8 Å². The lowest BCUT2D eigenvalue weighted by molar-refractivity contribution is -0.148. The van der Waals surface area contributed by atoms with Crippen molar-refractivity contribution in [1.29, 1.82) is 0 Å². The quantitative estimate of drug-likeness (QED) is 0.258. The average Bonchev–Trinajstić information content (AvgIpc) is 2.83. The Morgan fingerprint density at radius 2 is 1.52 bits per heavy atom. The second kappa shape index (κ2) is 13.1. The third-order valence-electron chi connectivity index (χ3n) is 5.44. The molecule has 1 heterocycles. The minimum atomic E-state index is -1.28. The van der Waals surface area contributed by atoms with Crippen LogP contribution >= 0.6 is 0 Å². The molecule has 1 aromatic carbocycles. The Morgan fingerprint density at radius 3 is 2.10 bits per heavy atom. The van der Waals surface area contributed by atoms with Gasteiger partial charge in [-0.05, 0) is 65.7 Å². The fourth-order valence-electron chi connectivity index (χ4n) is 3.13. The summed E-state index contributed by atoms with van der Waals surface area (Å²) >= 11 is 0. The number of carbonyl (C=O) groups is 5. The molecule has 12 heteroatoms. The zero-order valence-electron chi connectivity index (χ0n) is 23.8. The molecule has 1 aromatic rings. The molecular formula is C28H36N2O10. The van der Waals surface area contributed by atoms with Crippen LogP contribution in [0.15, 0.2) is 41.7 Å². The molecule has 1 aliphatic rings. The molecular weight excluding hydrogens is 524 g/mol. The van der Waals surface area contributed by atoms with Crippen LogP contribution in [0, 0.1) is 10.8 Å². The lowest BCUT2D eigenvalue weighted by atomic mass is 9.97. The smallest absolute Gasteiger partial charge is 0.410 e. The lowest BCUT2D eigenvalue weighted by Crippen LogP contribution is -2.29. The third kappa shape index (κ3) is 9.14. The summed E-state index contributed by atoms with van der Waals surface area (Å²) in [4.78, 5) is 61.9. The molecule has 0 saturated carbocycles. The SMILES string of the molecule is CN1C=CCC(C(=O)OCOC(=O)NCCc2ccc(OC(=O)C(C)(C)C)c(OC(=O)C(C)(C)C)c2)=C1C(=O)O. The van der Waals surface area contributed by atoms with Crippen LogP contribution < -0.4 is 14.8 Å². The summed E-state index contributed by atoms with van der Waals surface area (Å²) < 4.78 is 20.7. The number of benzene rings is 1. The Labute approximate surface area is 232 Å². The van der Waals surface area contributed by atoms with E-state index in [4.69, 9.17) is 18.9 Å². The van der Waals surface area contributed by atoms with E-state index in [0.29, 0.717) is 12.0 Å². The van der Waals surface area contributed by atoms with Gasteiger partial charge < -0.3 is 34.3 Å². The van der Waals surface area contributed by atoms with E-state index >= 15 is 0 Å². The van der Waals surface area contributed by atoms with Crippen molar-refractivity contribution >= 4 is 30.0 Å². The molecule has 218 valence electrons. The first-order valence-corrected chi connectivity index (χ1v) is 12.5. The number of carboxylic acids is 1.